The van der Waals surface area contributed by atoms with Gasteiger partial charge >= 0.3 is 0 Å². The summed E-state index contributed by atoms with van der Waals surface area (Å²) in [6, 6.07) is 2.08. The van der Waals surface area contributed by atoms with Gasteiger partial charge in [-0.15, -0.1) is 0 Å². The van der Waals surface area contributed by atoms with E-state index in [1.165, 1.54) is 0 Å². The van der Waals surface area contributed by atoms with Gasteiger partial charge in [0, 0.05) is 25.3 Å². The molecule has 0 aliphatic carbocycles. The van der Waals surface area contributed by atoms with E-state index in [1.54, 1.807) is 12.3 Å². The second-order valence-electron chi connectivity index (χ2n) is 4.11. The molecule has 1 aliphatic heterocycles. The smallest absolute Gasteiger partial charge is 0.270 e. The summed E-state index contributed by atoms with van der Waals surface area (Å²) in [6.45, 7) is 1.60. The molecule has 0 spiro atoms. The minimum atomic E-state index is 0.0341. The quantitative estimate of drug-likeness (QED) is 0.824. The molecule has 5 heteroatoms. The molecule has 4 nitrogen and oxygen atoms in total. The van der Waals surface area contributed by atoms with Crippen molar-refractivity contribution in [2.75, 3.05) is 20.1 Å². The van der Waals surface area contributed by atoms with E-state index >= 15 is 0 Å². The van der Waals surface area contributed by atoms with Gasteiger partial charge in [0.25, 0.3) is 5.91 Å². The number of hydrogen-bond donors (Lipinski definition) is 2. The summed E-state index contributed by atoms with van der Waals surface area (Å²) < 4.78 is 0. The highest BCUT2D eigenvalue weighted by atomic mass is 35.5. The van der Waals surface area contributed by atoms with Gasteiger partial charge in [0.15, 0.2) is 0 Å². The number of piperidine rings is 1. The maximum absolute atomic E-state index is 12.1. The van der Waals surface area contributed by atoms with E-state index < -0.39 is 0 Å². The second-order valence-corrected chi connectivity index (χ2v) is 4.55. The lowest BCUT2D eigenvalue weighted by atomic mass is 10.1. The minimum Gasteiger partial charge on any atom is -0.356 e. The number of halogens is 1. The Hall–Kier alpha value is -1.00. The Labute approximate surface area is 100.0 Å². The zero-order chi connectivity index (χ0) is 11.5. The summed E-state index contributed by atoms with van der Waals surface area (Å²) in [7, 11) is 1.93. The third-order valence-electron chi connectivity index (χ3n) is 3.00. The lowest BCUT2D eigenvalue weighted by molar-refractivity contribution is 0.0693. The van der Waals surface area contributed by atoms with Gasteiger partial charge in [-0.2, -0.15) is 0 Å². The molecule has 1 aromatic rings. The third-order valence-corrected chi connectivity index (χ3v) is 3.21. The highest BCUT2D eigenvalue weighted by Gasteiger charge is 2.24. The van der Waals surface area contributed by atoms with E-state index in [9.17, 15) is 4.79 Å². The van der Waals surface area contributed by atoms with Gasteiger partial charge in [-0.25, -0.2) is 0 Å². The van der Waals surface area contributed by atoms with Crippen molar-refractivity contribution in [1.82, 2.24) is 15.2 Å². The van der Waals surface area contributed by atoms with Crippen molar-refractivity contribution in [2.24, 2.45) is 0 Å². The Balaban J connectivity index is 2.04. The lowest BCUT2D eigenvalue weighted by Crippen LogP contribution is -2.47. The Kier molecular flexibility index (Phi) is 3.51. The number of aromatic amines is 1. The van der Waals surface area contributed by atoms with Crippen molar-refractivity contribution in [3.05, 3.63) is 23.0 Å². The number of likely N-dealkylation sites (N-methyl/N-ethyl adjacent to an activating group) is 1. The van der Waals surface area contributed by atoms with Crippen LogP contribution >= 0.6 is 11.6 Å². The highest BCUT2D eigenvalue weighted by Crippen LogP contribution is 2.15. The first-order chi connectivity index (χ1) is 7.70. The number of nitrogens with zero attached hydrogens (tertiary/aromatic N) is 1. The predicted molar refractivity (Wildman–Crippen MR) is 63.8 cm³/mol. The summed E-state index contributed by atoms with van der Waals surface area (Å²) in [5.41, 5.74) is 0.571. The average Bonchev–Trinajstić information content (AvgIpc) is 2.75. The molecular weight excluding hydrogens is 226 g/mol. The van der Waals surface area contributed by atoms with Crippen LogP contribution in [0.15, 0.2) is 12.3 Å². The van der Waals surface area contributed by atoms with Crippen LogP contribution in [-0.4, -0.2) is 42.0 Å². The zero-order valence-electron chi connectivity index (χ0n) is 9.29. The van der Waals surface area contributed by atoms with E-state index in [-0.39, 0.29) is 5.91 Å². The van der Waals surface area contributed by atoms with E-state index in [4.69, 9.17) is 11.6 Å². The number of nitrogens with one attached hydrogen (secondary N) is 2. The number of hydrogen-bond acceptors (Lipinski definition) is 2. The minimum absolute atomic E-state index is 0.0341. The Morgan fingerprint density at radius 2 is 2.50 bits per heavy atom. The van der Waals surface area contributed by atoms with Crippen LogP contribution in [0.4, 0.5) is 0 Å². The number of H-pyrrole nitrogens is 1. The highest BCUT2D eigenvalue weighted by molar-refractivity contribution is 6.30. The normalized spacial score (nSPS) is 21.1. The molecule has 0 radical (unpaired) electrons. The number of rotatable bonds is 2. The molecule has 1 atom stereocenters. The first-order valence-electron chi connectivity index (χ1n) is 5.51. The van der Waals surface area contributed by atoms with Gasteiger partial charge < -0.3 is 15.2 Å². The Morgan fingerprint density at radius 1 is 1.69 bits per heavy atom. The molecule has 0 aromatic carbocycles. The molecule has 2 N–H and O–H groups in total. The van der Waals surface area contributed by atoms with Gasteiger partial charge in [0.05, 0.1) is 5.02 Å². The van der Waals surface area contributed by atoms with Gasteiger partial charge in [-0.05, 0) is 26.0 Å². The van der Waals surface area contributed by atoms with Crippen LogP contribution in [0.25, 0.3) is 0 Å². The lowest BCUT2D eigenvalue weighted by Gasteiger charge is -2.32. The molecule has 16 heavy (non-hydrogen) atoms. The summed E-state index contributed by atoms with van der Waals surface area (Å²) in [6.07, 6.45) is 3.81. The number of amides is 1. The maximum atomic E-state index is 12.1. The van der Waals surface area contributed by atoms with E-state index in [2.05, 4.69) is 10.3 Å². The summed E-state index contributed by atoms with van der Waals surface area (Å²) in [5, 5.41) is 3.79. The van der Waals surface area contributed by atoms with Crippen LogP contribution in [0, 0.1) is 0 Å². The molecule has 2 heterocycles. The van der Waals surface area contributed by atoms with E-state index in [0.29, 0.717) is 16.8 Å². The zero-order valence-corrected chi connectivity index (χ0v) is 10.0. The molecule has 0 bridgehead atoms. The maximum Gasteiger partial charge on any atom is 0.270 e. The fourth-order valence-corrected chi connectivity index (χ4v) is 2.22. The van der Waals surface area contributed by atoms with E-state index in [1.807, 2.05) is 11.9 Å². The molecule has 2 rings (SSSR count). The van der Waals surface area contributed by atoms with E-state index in [0.717, 1.165) is 25.9 Å². The summed E-state index contributed by atoms with van der Waals surface area (Å²) in [5.74, 6) is 0.0341. The molecule has 1 amide bonds. The van der Waals surface area contributed by atoms with Gasteiger partial charge in [0.1, 0.15) is 5.69 Å². The first-order valence-corrected chi connectivity index (χ1v) is 5.89. The van der Waals surface area contributed by atoms with Gasteiger partial charge in [-0.3, -0.25) is 4.79 Å². The summed E-state index contributed by atoms with van der Waals surface area (Å²) >= 11 is 5.79. The largest absolute Gasteiger partial charge is 0.356 e. The SMILES string of the molecule is CNC1CCCN(C(=O)c2cc(Cl)c[nH]2)C1. The number of carbonyl (C=O) groups is 1. The number of aromatic nitrogens is 1. The van der Waals surface area contributed by atoms with Gasteiger partial charge in [-0.1, -0.05) is 11.6 Å². The molecule has 0 saturated carbocycles. The van der Waals surface area contributed by atoms with Crippen molar-refractivity contribution in [1.29, 1.82) is 0 Å². The van der Waals surface area contributed by atoms with Crippen molar-refractivity contribution in [2.45, 2.75) is 18.9 Å². The van der Waals surface area contributed by atoms with Crippen molar-refractivity contribution in [3.8, 4) is 0 Å². The standard InChI is InChI=1S/C11H16ClN3O/c1-13-9-3-2-4-15(7-9)11(16)10-5-8(12)6-14-10/h5-6,9,13-14H,2-4,7H2,1H3. The molecular formula is C11H16ClN3O. The fraction of sp³-hybridized carbons (Fsp3) is 0.545. The first kappa shape index (κ1) is 11.5. The Bertz CT molecular complexity index is 377. The number of likely N-dealkylation sites (tertiary alicyclic amines) is 1. The molecule has 1 saturated heterocycles. The van der Waals surface area contributed by atoms with Crippen LogP contribution in [-0.2, 0) is 0 Å². The fourth-order valence-electron chi connectivity index (χ4n) is 2.06. The third kappa shape index (κ3) is 2.39. The van der Waals surface area contributed by atoms with Crippen LogP contribution in [0.2, 0.25) is 5.02 Å². The van der Waals surface area contributed by atoms with Gasteiger partial charge in [0.2, 0.25) is 0 Å². The van der Waals surface area contributed by atoms with Crippen LogP contribution < -0.4 is 5.32 Å². The number of carbonyl (C=O) groups excluding carboxylic acids is 1. The van der Waals surface area contributed by atoms with Crippen molar-refractivity contribution in [3.63, 3.8) is 0 Å². The van der Waals surface area contributed by atoms with Crippen LogP contribution in [0.5, 0.6) is 0 Å². The van der Waals surface area contributed by atoms with Crippen molar-refractivity contribution < 1.29 is 4.79 Å². The monoisotopic (exact) mass is 241 g/mol. The predicted octanol–water partition coefficient (Wildman–Crippen LogP) is 1.49. The molecule has 1 aromatic heterocycles. The molecule has 1 unspecified atom stereocenters. The summed E-state index contributed by atoms with van der Waals surface area (Å²) in [4.78, 5) is 16.8. The Morgan fingerprint density at radius 3 is 3.12 bits per heavy atom. The van der Waals surface area contributed by atoms with Crippen molar-refractivity contribution >= 4 is 17.5 Å². The second kappa shape index (κ2) is 4.89. The topological polar surface area (TPSA) is 48.1 Å². The average molecular weight is 242 g/mol. The van der Waals surface area contributed by atoms with Crippen LogP contribution in [0.1, 0.15) is 23.3 Å². The molecule has 1 aliphatic rings. The van der Waals surface area contributed by atoms with Crippen LogP contribution in [0.3, 0.4) is 0 Å². The molecule has 88 valence electrons. The molecule has 1 fully saturated rings.